The number of hydrogen-bond acceptors (Lipinski definition) is 5. The van der Waals surface area contributed by atoms with E-state index in [2.05, 4.69) is 24.5 Å². The molecule has 1 aromatic rings. The lowest BCUT2D eigenvalue weighted by molar-refractivity contribution is -0.193. The Morgan fingerprint density at radius 3 is 3.11 bits per heavy atom. The van der Waals surface area contributed by atoms with Gasteiger partial charge in [0.1, 0.15) is 18.5 Å². The highest BCUT2D eigenvalue weighted by Crippen LogP contribution is 2.51. The Labute approximate surface area is 160 Å². The molecule has 1 saturated carbocycles. The second-order valence-electron chi connectivity index (χ2n) is 8.64. The molecule has 1 aliphatic carbocycles. The highest BCUT2D eigenvalue weighted by atomic mass is 16.5. The van der Waals surface area contributed by atoms with Crippen LogP contribution in [0.5, 0.6) is 5.75 Å². The number of hydrogen-bond donors (Lipinski definition) is 3. The van der Waals surface area contributed by atoms with Gasteiger partial charge in [0.25, 0.3) is 0 Å². The van der Waals surface area contributed by atoms with Crippen LogP contribution >= 0.6 is 0 Å². The van der Waals surface area contributed by atoms with Crippen molar-refractivity contribution >= 4 is 11.6 Å². The standard InChI is InChI=1S/C21H30N2O4/c1-21(2)19(16-4-3-9-26-20(16)21)22-11-14(24)12-27-15-6-7-17-13(10-15)5-8-18(25)23-17/h6-7,10,14,16,19-20,22,24H,3-5,8-9,11-12H2,1-2H3,(H,23,25). The summed E-state index contributed by atoms with van der Waals surface area (Å²) in [4.78, 5) is 11.4. The van der Waals surface area contributed by atoms with Gasteiger partial charge in [-0.1, -0.05) is 13.8 Å². The molecule has 4 unspecified atom stereocenters. The van der Waals surface area contributed by atoms with Crippen molar-refractivity contribution in [2.75, 3.05) is 25.1 Å². The lowest BCUT2D eigenvalue weighted by Crippen LogP contribution is -2.69. The second-order valence-corrected chi connectivity index (χ2v) is 8.64. The number of amides is 1. The first-order valence-electron chi connectivity index (χ1n) is 10.0. The molecule has 148 valence electrons. The normalized spacial score (nSPS) is 29.7. The smallest absolute Gasteiger partial charge is 0.224 e. The summed E-state index contributed by atoms with van der Waals surface area (Å²) in [6, 6.07) is 6.04. The molecule has 2 heterocycles. The van der Waals surface area contributed by atoms with E-state index in [1.54, 1.807) is 0 Å². The maximum atomic E-state index is 11.4. The molecule has 0 bridgehead atoms. The van der Waals surface area contributed by atoms with Crippen molar-refractivity contribution in [2.45, 2.75) is 57.8 Å². The van der Waals surface area contributed by atoms with E-state index in [0.717, 1.165) is 36.4 Å². The average molecular weight is 374 g/mol. The number of fused-ring (bicyclic) bond motifs is 2. The Bertz CT molecular complexity index is 705. The lowest BCUT2D eigenvalue weighted by Gasteiger charge is -2.60. The Balaban J connectivity index is 1.25. The number of aryl methyl sites for hydroxylation is 1. The van der Waals surface area contributed by atoms with Crippen LogP contribution in [0.1, 0.15) is 38.7 Å². The predicted octanol–water partition coefficient (Wildman–Crippen LogP) is 2.10. The zero-order valence-electron chi connectivity index (χ0n) is 16.2. The summed E-state index contributed by atoms with van der Waals surface area (Å²) < 4.78 is 11.7. The molecular weight excluding hydrogens is 344 g/mol. The number of rotatable bonds is 6. The summed E-state index contributed by atoms with van der Waals surface area (Å²) in [5, 5.41) is 16.7. The van der Waals surface area contributed by atoms with E-state index in [0.29, 0.717) is 31.0 Å². The first kappa shape index (κ1) is 18.7. The summed E-state index contributed by atoms with van der Waals surface area (Å²) in [6.45, 7) is 6.12. The molecule has 0 radical (unpaired) electrons. The summed E-state index contributed by atoms with van der Waals surface area (Å²) >= 11 is 0. The molecule has 6 heteroatoms. The monoisotopic (exact) mass is 374 g/mol. The average Bonchev–Trinajstić information content (AvgIpc) is 2.66. The van der Waals surface area contributed by atoms with E-state index < -0.39 is 6.10 Å². The van der Waals surface area contributed by atoms with E-state index in [1.807, 2.05) is 18.2 Å². The summed E-state index contributed by atoms with van der Waals surface area (Å²) in [7, 11) is 0. The molecule has 4 rings (SSSR count). The molecule has 0 spiro atoms. The molecule has 1 aromatic carbocycles. The molecule has 27 heavy (non-hydrogen) atoms. The van der Waals surface area contributed by atoms with Gasteiger partial charge in [-0.3, -0.25) is 4.79 Å². The summed E-state index contributed by atoms with van der Waals surface area (Å²) in [5.41, 5.74) is 2.05. The molecule has 2 aliphatic heterocycles. The van der Waals surface area contributed by atoms with E-state index in [1.165, 1.54) is 6.42 Å². The summed E-state index contributed by atoms with van der Waals surface area (Å²) in [5.74, 6) is 1.34. The van der Waals surface area contributed by atoms with Gasteiger partial charge in [-0.25, -0.2) is 0 Å². The van der Waals surface area contributed by atoms with Crippen molar-refractivity contribution in [2.24, 2.45) is 11.3 Å². The number of carbonyl (C=O) groups excluding carboxylic acids is 1. The number of benzene rings is 1. The molecule has 2 fully saturated rings. The number of ether oxygens (including phenoxy) is 2. The Morgan fingerprint density at radius 2 is 2.26 bits per heavy atom. The van der Waals surface area contributed by atoms with Crippen LogP contribution in [0.25, 0.3) is 0 Å². The van der Waals surface area contributed by atoms with Crippen molar-refractivity contribution < 1.29 is 19.4 Å². The van der Waals surface area contributed by atoms with Gasteiger partial charge in [0.05, 0.1) is 6.10 Å². The largest absolute Gasteiger partial charge is 0.491 e. The van der Waals surface area contributed by atoms with E-state index in [-0.39, 0.29) is 17.9 Å². The van der Waals surface area contributed by atoms with Gasteiger partial charge in [0.2, 0.25) is 5.91 Å². The third-order valence-electron chi connectivity index (χ3n) is 6.32. The van der Waals surface area contributed by atoms with Crippen molar-refractivity contribution in [3.63, 3.8) is 0 Å². The number of anilines is 1. The van der Waals surface area contributed by atoms with Crippen molar-refractivity contribution in [1.82, 2.24) is 5.32 Å². The van der Waals surface area contributed by atoms with Gasteiger partial charge in [-0.15, -0.1) is 0 Å². The van der Waals surface area contributed by atoms with Crippen LogP contribution in [-0.2, 0) is 16.0 Å². The van der Waals surface area contributed by atoms with Crippen LogP contribution in [0.2, 0.25) is 0 Å². The SMILES string of the molecule is CC1(C)C(NCC(O)COc2ccc3c(c2)CCC(=O)N3)C2CCCOC21. The Morgan fingerprint density at radius 1 is 1.41 bits per heavy atom. The van der Waals surface area contributed by atoms with Gasteiger partial charge in [0, 0.05) is 42.6 Å². The Kier molecular flexibility index (Phi) is 5.14. The fraction of sp³-hybridized carbons (Fsp3) is 0.667. The van der Waals surface area contributed by atoms with E-state index >= 15 is 0 Å². The van der Waals surface area contributed by atoms with Crippen LogP contribution in [0.4, 0.5) is 5.69 Å². The van der Waals surface area contributed by atoms with Gasteiger partial charge >= 0.3 is 0 Å². The molecule has 1 saturated heterocycles. The Hall–Kier alpha value is -1.63. The zero-order valence-corrected chi connectivity index (χ0v) is 16.2. The molecule has 3 N–H and O–H groups in total. The molecule has 3 aliphatic rings. The van der Waals surface area contributed by atoms with Crippen molar-refractivity contribution in [3.05, 3.63) is 23.8 Å². The number of aliphatic hydroxyl groups is 1. The third-order valence-corrected chi connectivity index (χ3v) is 6.32. The fourth-order valence-corrected chi connectivity index (χ4v) is 4.90. The minimum atomic E-state index is -0.569. The number of nitrogens with one attached hydrogen (secondary N) is 2. The van der Waals surface area contributed by atoms with Gasteiger partial charge in [0.15, 0.2) is 0 Å². The number of aliphatic hydroxyl groups excluding tert-OH is 1. The van der Waals surface area contributed by atoms with Crippen LogP contribution in [0.3, 0.4) is 0 Å². The molecule has 0 aromatic heterocycles. The minimum Gasteiger partial charge on any atom is -0.491 e. The van der Waals surface area contributed by atoms with Gasteiger partial charge < -0.3 is 25.2 Å². The van der Waals surface area contributed by atoms with Crippen molar-refractivity contribution in [3.8, 4) is 5.75 Å². The zero-order chi connectivity index (χ0) is 19.0. The molecular formula is C21H30N2O4. The predicted molar refractivity (Wildman–Crippen MR) is 103 cm³/mol. The van der Waals surface area contributed by atoms with E-state index in [9.17, 15) is 9.90 Å². The second kappa shape index (κ2) is 7.41. The molecule has 1 amide bonds. The lowest BCUT2D eigenvalue weighted by atomic mass is 9.55. The third kappa shape index (κ3) is 3.71. The summed E-state index contributed by atoms with van der Waals surface area (Å²) in [6.07, 6.45) is 3.33. The van der Waals surface area contributed by atoms with Crippen LogP contribution < -0.4 is 15.4 Å². The van der Waals surface area contributed by atoms with Crippen molar-refractivity contribution in [1.29, 1.82) is 0 Å². The van der Waals surface area contributed by atoms with Gasteiger partial charge in [-0.05, 0) is 43.0 Å². The highest BCUT2D eigenvalue weighted by molar-refractivity contribution is 5.93. The quantitative estimate of drug-likeness (QED) is 0.711. The number of carbonyl (C=O) groups is 1. The molecule has 6 nitrogen and oxygen atoms in total. The first-order valence-corrected chi connectivity index (χ1v) is 10.0. The fourth-order valence-electron chi connectivity index (χ4n) is 4.90. The van der Waals surface area contributed by atoms with E-state index in [4.69, 9.17) is 9.47 Å². The van der Waals surface area contributed by atoms with Gasteiger partial charge in [-0.2, -0.15) is 0 Å². The van der Waals surface area contributed by atoms with Crippen LogP contribution in [-0.4, -0.2) is 49.0 Å². The highest BCUT2D eigenvalue weighted by Gasteiger charge is 2.57. The maximum absolute atomic E-state index is 11.4. The topological polar surface area (TPSA) is 79.8 Å². The van der Waals surface area contributed by atoms with Crippen LogP contribution in [0.15, 0.2) is 18.2 Å². The van der Waals surface area contributed by atoms with Crippen LogP contribution in [0, 0.1) is 11.3 Å². The first-order chi connectivity index (χ1) is 12.9. The molecule has 4 atom stereocenters. The minimum absolute atomic E-state index is 0.0576. The maximum Gasteiger partial charge on any atom is 0.224 e.